The van der Waals surface area contributed by atoms with Crippen LogP contribution in [0.4, 0.5) is 10.1 Å². The first kappa shape index (κ1) is 22.4. The summed E-state index contributed by atoms with van der Waals surface area (Å²) in [6.07, 6.45) is 5.28. The van der Waals surface area contributed by atoms with E-state index < -0.39 is 5.82 Å². The van der Waals surface area contributed by atoms with Crippen LogP contribution in [0.1, 0.15) is 5.56 Å². The number of hydrogen-bond acceptors (Lipinski definition) is 5. The maximum atomic E-state index is 13.3. The Kier molecular flexibility index (Phi) is 6.55. The molecule has 10 heteroatoms. The number of benzene rings is 2. The number of carbonyl (C=O) groups excluding carboxylic acids is 1. The van der Waals surface area contributed by atoms with Crippen LogP contribution in [0.2, 0.25) is 10.0 Å². The summed E-state index contributed by atoms with van der Waals surface area (Å²) >= 11 is 14.0. The van der Waals surface area contributed by atoms with Crippen LogP contribution in [-0.2, 0) is 4.79 Å². The van der Waals surface area contributed by atoms with E-state index >= 15 is 0 Å². The summed E-state index contributed by atoms with van der Waals surface area (Å²) in [7, 11) is 3.75. The Hall–Kier alpha value is -2.81. The number of aliphatic imine (C=N–C) groups is 1. The van der Waals surface area contributed by atoms with Crippen LogP contribution in [0.3, 0.4) is 0 Å². The van der Waals surface area contributed by atoms with Gasteiger partial charge in [-0.3, -0.25) is 4.79 Å². The quantitative estimate of drug-likeness (QED) is 0.477. The second kappa shape index (κ2) is 9.36. The molecule has 2 aliphatic rings. The van der Waals surface area contributed by atoms with Crippen LogP contribution in [0.15, 0.2) is 69.2 Å². The molecule has 0 spiro atoms. The molecular weight excluding hydrogens is 472 g/mol. The second-order valence-corrected chi connectivity index (χ2v) is 9.02. The van der Waals surface area contributed by atoms with Crippen molar-refractivity contribution in [3.63, 3.8) is 0 Å². The van der Waals surface area contributed by atoms with Crippen molar-refractivity contribution < 1.29 is 9.18 Å². The van der Waals surface area contributed by atoms with E-state index in [1.165, 1.54) is 23.9 Å². The van der Waals surface area contributed by atoms with Gasteiger partial charge in [-0.15, -0.1) is 0 Å². The van der Waals surface area contributed by atoms with Crippen LogP contribution in [-0.4, -0.2) is 48.0 Å². The van der Waals surface area contributed by atoms with Crippen molar-refractivity contribution >= 4 is 63.5 Å². The fraction of sp³-hybridized carbons (Fsp3) is 0.136. The molecule has 32 heavy (non-hydrogen) atoms. The van der Waals surface area contributed by atoms with Crippen LogP contribution in [0.5, 0.6) is 0 Å². The number of nitrogens with one attached hydrogen (secondary N) is 1. The Morgan fingerprint density at radius 2 is 2.00 bits per heavy atom. The minimum absolute atomic E-state index is 0.214. The Balaban J connectivity index is 1.65. The van der Waals surface area contributed by atoms with Crippen LogP contribution >= 0.6 is 35.0 Å². The number of rotatable bonds is 4. The largest absolute Gasteiger partial charge is 0.369 e. The van der Waals surface area contributed by atoms with Gasteiger partial charge in [0.1, 0.15) is 17.5 Å². The molecule has 1 amide bonds. The predicted molar refractivity (Wildman–Crippen MR) is 129 cm³/mol. The van der Waals surface area contributed by atoms with Gasteiger partial charge in [-0.25, -0.2) is 14.4 Å². The van der Waals surface area contributed by atoms with E-state index in [0.29, 0.717) is 42.5 Å². The molecule has 4 rings (SSSR count). The molecule has 2 aliphatic heterocycles. The van der Waals surface area contributed by atoms with Gasteiger partial charge in [-0.1, -0.05) is 41.0 Å². The van der Waals surface area contributed by atoms with E-state index in [2.05, 4.69) is 15.4 Å². The minimum Gasteiger partial charge on any atom is -0.369 e. The summed E-state index contributed by atoms with van der Waals surface area (Å²) < 4.78 is 13.3. The summed E-state index contributed by atoms with van der Waals surface area (Å²) in [5.74, 6) is -0.635. The molecule has 0 saturated heterocycles. The topological polar surface area (TPSA) is 60.3 Å². The maximum Gasteiger partial charge on any atom is 0.255 e. The predicted octanol–water partition coefficient (Wildman–Crippen LogP) is 5.13. The minimum atomic E-state index is -0.399. The van der Waals surface area contributed by atoms with Crippen molar-refractivity contribution in [1.29, 1.82) is 0 Å². The van der Waals surface area contributed by atoms with E-state index in [1.54, 1.807) is 41.7 Å². The van der Waals surface area contributed by atoms with Gasteiger partial charge in [0, 0.05) is 24.6 Å². The zero-order valence-corrected chi connectivity index (χ0v) is 19.5. The summed E-state index contributed by atoms with van der Waals surface area (Å²) in [5, 5.41) is 10.5. The van der Waals surface area contributed by atoms with Crippen LogP contribution in [0.25, 0.3) is 5.57 Å². The first-order chi connectivity index (χ1) is 15.3. The lowest BCUT2D eigenvalue weighted by atomic mass is 10.00. The first-order valence-electron chi connectivity index (χ1n) is 9.52. The summed E-state index contributed by atoms with van der Waals surface area (Å²) in [6.45, 7) is 0.214. The highest BCUT2D eigenvalue weighted by atomic mass is 35.5. The Morgan fingerprint density at radius 1 is 1.19 bits per heavy atom. The average molecular weight is 490 g/mol. The normalized spacial score (nSPS) is 15.7. The van der Waals surface area contributed by atoms with Crippen molar-refractivity contribution in [3.8, 4) is 0 Å². The van der Waals surface area contributed by atoms with E-state index in [0.717, 1.165) is 0 Å². The first-order valence-corrected chi connectivity index (χ1v) is 11.1. The Labute approximate surface area is 199 Å². The molecule has 1 N–H and O–H groups in total. The molecule has 0 radical (unpaired) electrons. The highest BCUT2D eigenvalue weighted by molar-refractivity contribution is 8.14. The van der Waals surface area contributed by atoms with Gasteiger partial charge in [-0.05, 0) is 42.5 Å². The van der Waals surface area contributed by atoms with Gasteiger partial charge in [0.15, 0.2) is 0 Å². The number of halogens is 3. The van der Waals surface area contributed by atoms with Gasteiger partial charge in [0.2, 0.25) is 0 Å². The van der Waals surface area contributed by atoms with Crippen molar-refractivity contribution in [2.45, 2.75) is 4.90 Å². The third-order valence-corrected chi connectivity index (χ3v) is 6.26. The Bertz CT molecular complexity index is 1210. The van der Waals surface area contributed by atoms with Crippen molar-refractivity contribution in [3.05, 3.63) is 75.7 Å². The standard InChI is InChI=1S/C22H18Cl2FN5OS/c1-29(2)11-26-14-4-5-15(16(23)10-14)21-18-6-8-20(28-30(18)12-27-22(21)31)32-19-7-3-13(25)9-17(19)24/h3-11H,12H2,1-2H3,(H,27,31). The van der Waals surface area contributed by atoms with E-state index in [9.17, 15) is 9.18 Å². The zero-order chi connectivity index (χ0) is 22.8. The van der Waals surface area contributed by atoms with Crippen molar-refractivity contribution in [2.75, 3.05) is 20.8 Å². The molecule has 164 valence electrons. The van der Waals surface area contributed by atoms with E-state index in [1.807, 2.05) is 25.1 Å². The van der Waals surface area contributed by atoms with Gasteiger partial charge >= 0.3 is 0 Å². The zero-order valence-electron chi connectivity index (χ0n) is 17.1. The fourth-order valence-corrected chi connectivity index (χ4v) is 4.43. The van der Waals surface area contributed by atoms with Gasteiger partial charge < -0.3 is 10.2 Å². The molecule has 0 bridgehead atoms. The number of carbonyl (C=O) groups is 1. The van der Waals surface area contributed by atoms with Crippen molar-refractivity contribution in [2.24, 2.45) is 10.1 Å². The fourth-order valence-electron chi connectivity index (χ4n) is 3.08. The third kappa shape index (κ3) is 4.82. The van der Waals surface area contributed by atoms with Gasteiger partial charge in [0.25, 0.3) is 5.91 Å². The summed E-state index contributed by atoms with van der Waals surface area (Å²) in [5.41, 5.74) is 2.33. The lowest BCUT2D eigenvalue weighted by Gasteiger charge is -2.31. The highest BCUT2D eigenvalue weighted by Crippen LogP contribution is 2.36. The van der Waals surface area contributed by atoms with Crippen LogP contribution < -0.4 is 5.32 Å². The average Bonchev–Trinajstić information content (AvgIpc) is 2.75. The van der Waals surface area contributed by atoms with E-state index in [-0.39, 0.29) is 12.6 Å². The summed E-state index contributed by atoms with van der Waals surface area (Å²) in [6, 6.07) is 9.50. The molecule has 0 atom stereocenters. The number of allylic oxidation sites excluding steroid dienone is 1. The number of thioether (sulfide) groups is 1. The number of hydrogen-bond donors (Lipinski definition) is 1. The van der Waals surface area contributed by atoms with Gasteiger partial charge in [-0.2, -0.15) is 5.10 Å². The lowest BCUT2D eigenvalue weighted by molar-refractivity contribution is -0.116. The maximum absolute atomic E-state index is 13.3. The smallest absolute Gasteiger partial charge is 0.255 e. The molecule has 2 aromatic carbocycles. The molecule has 0 saturated carbocycles. The second-order valence-electron chi connectivity index (χ2n) is 7.14. The van der Waals surface area contributed by atoms with E-state index in [4.69, 9.17) is 23.2 Å². The number of nitrogens with zero attached hydrogens (tertiary/aromatic N) is 4. The number of fused-ring (bicyclic) bond motifs is 1. The SMILES string of the molecule is CN(C)C=Nc1ccc(C2=C3C=CC(Sc4ccc(F)cc4Cl)=NN3CNC2=O)c(Cl)c1. The molecule has 2 heterocycles. The van der Waals surface area contributed by atoms with Crippen molar-refractivity contribution in [1.82, 2.24) is 15.2 Å². The molecule has 0 aromatic heterocycles. The molecule has 2 aromatic rings. The molecular formula is C22H18Cl2FN5OS. The molecule has 0 fully saturated rings. The molecule has 0 aliphatic carbocycles. The monoisotopic (exact) mass is 489 g/mol. The molecule has 6 nitrogen and oxygen atoms in total. The summed E-state index contributed by atoms with van der Waals surface area (Å²) in [4.78, 5) is 19.6. The van der Waals surface area contributed by atoms with Crippen LogP contribution in [0, 0.1) is 5.82 Å². The number of amides is 1. The molecule has 0 unspecified atom stereocenters. The third-order valence-electron chi connectivity index (χ3n) is 4.52. The van der Waals surface area contributed by atoms with Gasteiger partial charge in [0.05, 0.1) is 33.3 Å². The Morgan fingerprint density at radius 3 is 2.72 bits per heavy atom. The number of hydrazone groups is 1. The highest BCUT2D eigenvalue weighted by Gasteiger charge is 2.29. The lowest BCUT2D eigenvalue weighted by Crippen LogP contribution is -2.41.